The van der Waals surface area contributed by atoms with E-state index in [2.05, 4.69) is 0 Å². The van der Waals surface area contributed by atoms with E-state index in [9.17, 15) is 13.2 Å². The van der Waals surface area contributed by atoms with Crippen LogP contribution >= 0.6 is 0 Å². The highest BCUT2D eigenvalue weighted by Gasteiger charge is 2.24. The first-order chi connectivity index (χ1) is 8.51. The third-order valence-electron chi connectivity index (χ3n) is 2.14. The van der Waals surface area contributed by atoms with Gasteiger partial charge in [0, 0.05) is 12.1 Å². The second kappa shape index (κ2) is 6.48. The maximum Gasteiger partial charge on any atom is 0.326 e. The van der Waals surface area contributed by atoms with Gasteiger partial charge in [-0.3, -0.25) is 9.63 Å². The molecule has 0 unspecified atom stereocenters. The normalized spacial score (nSPS) is 11.5. The van der Waals surface area contributed by atoms with Gasteiger partial charge in [0.2, 0.25) is 0 Å². The van der Waals surface area contributed by atoms with E-state index in [1.165, 1.54) is 19.2 Å². The smallest absolute Gasteiger partial charge is 0.286 e. The second-order valence-corrected chi connectivity index (χ2v) is 5.07. The summed E-state index contributed by atoms with van der Waals surface area (Å²) in [5, 5.41) is 0. The Kier molecular flexibility index (Phi) is 5.26. The van der Waals surface area contributed by atoms with Crippen LogP contribution in [0, 0.1) is 0 Å². The molecule has 0 aliphatic rings. The Bertz CT molecular complexity index is 487. The zero-order valence-electron chi connectivity index (χ0n) is 10.3. The van der Waals surface area contributed by atoms with Gasteiger partial charge < -0.3 is 0 Å². The van der Waals surface area contributed by atoms with E-state index in [-0.39, 0.29) is 12.1 Å². The van der Waals surface area contributed by atoms with Crippen molar-refractivity contribution >= 4 is 16.1 Å². The summed E-state index contributed by atoms with van der Waals surface area (Å²) in [6, 6.07) is 8.11. The van der Waals surface area contributed by atoms with Crippen molar-refractivity contribution in [1.82, 2.24) is 9.19 Å². The molecule has 0 aliphatic carbocycles. The van der Waals surface area contributed by atoms with Gasteiger partial charge in [-0.2, -0.15) is 8.42 Å². The number of hydrogen-bond donors (Lipinski definition) is 1. The average molecular weight is 272 g/mol. The number of hydroxylamine groups is 1. The number of carbonyl (C=O) groups excluding carboxylic acids is 1. The molecule has 1 rings (SSSR count). The summed E-state index contributed by atoms with van der Waals surface area (Å²) in [7, 11) is -2.73. The van der Waals surface area contributed by atoms with Crippen LogP contribution in [-0.2, 0) is 15.0 Å². The lowest BCUT2D eigenvalue weighted by atomic mass is 10.2. The summed E-state index contributed by atoms with van der Waals surface area (Å²) in [4.78, 5) is 16.4. The van der Waals surface area contributed by atoms with Gasteiger partial charge in [0.15, 0.2) is 0 Å². The highest BCUT2D eigenvalue weighted by atomic mass is 32.2. The highest BCUT2D eigenvalue weighted by Crippen LogP contribution is 2.03. The number of benzene rings is 1. The van der Waals surface area contributed by atoms with Gasteiger partial charge >= 0.3 is 10.2 Å². The van der Waals surface area contributed by atoms with Crippen molar-refractivity contribution in [3.05, 3.63) is 35.9 Å². The van der Waals surface area contributed by atoms with E-state index in [1.54, 1.807) is 25.1 Å². The standard InChI is InChI=1S/C11H16N2O4S/c1-3-9-13(17-2)18(15,16)12-11(14)10-7-5-4-6-8-10/h4-8H,3,9H2,1-2H3,(H,12,14). The maximum atomic E-state index is 11.8. The summed E-state index contributed by atoms with van der Waals surface area (Å²) < 4.78 is 26.3. The summed E-state index contributed by atoms with van der Waals surface area (Å²) >= 11 is 0. The molecule has 7 heteroatoms. The van der Waals surface area contributed by atoms with E-state index in [0.29, 0.717) is 6.42 Å². The second-order valence-electron chi connectivity index (χ2n) is 3.51. The molecule has 6 nitrogen and oxygen atoms in total. The van der Waals surface area contributed by atoms with Crippen LogP contribution in [-0.4, -0.2) is 32.4 Å². The van der Waals surface area contributed by atoms with E-state index in [1.807, 2.05) is 4.72 Å². The average Bonchev–Trinajstić information content (AvgIpc) is 2.36. The SMILES string of the molecule is CCCN(OC)S(=O)(=O)NC(=O)c1ccccc1. The number of amides is 1. The van der Waals surface area contributed by atoms with Crippen LogP contribution < -0.4 is 4.72 Å². The number of carbonyl (C=O) groups is 1. The van der Waals surface area contributed by atoms with Crippen LogP contribution in [0.15, 0.2) is 30.3 Å². The Hall–Kier alpha value is -1.44. The summed E-state index contributed by atoms with van der Waals surface area (Å²) in [6.45, 7) is 1.98. The van der Waals surface area contributed by atoms with Crippen molar-refractivity contribution in [2.24, 2.45) is 0 Å². The van der Waals surface area contributed by atoms with E-state index in [0.717, 1.165) is 4.47 Å². The van der Waals surface area contributed by atoms with E-state index >= 15 is 0 Å². The molecule has 0 radical (unpaired) electrons. The molecule has 0 aromatic heterocycles. The lowest BCUT2D eigenvalue weighted by Gasteiger charge is -2.18. The minimum atomic E-state index is -3.97. The Morgan fingerprint density at radius 2 is 1.94 bits per heavy atom. The lowest BCUT2D eigenvalue weighted by Crippen LogP contribution is -2.43. The number of nitrogens with one attached hydrogen (secondary N) is 1. The first-order valence-corrected chi connectivity index (χ1v) is 6.89. The molecule has 0 heterocycles. The van der Waals surface area contributed by atoms with Crippen molar-refractivity contribution in [2.45, 2.75) is 13.3 Å². The van der Waals surface area contributed by atoms with Gasteiger partial charge in [-0.15, -0.1) is 0 Å². The molecule has 1 aromatic carbocycles. The van der Waals surface area contributed by atoms with Crippen LogP contribution in [0.3, 0.4) is 0 Å². The predicted octanol–water partition coefficient (Wildman–Crippen LogP) is 0.935. The van der Waals surface area contributed by atoms with Gasteiger partial charge in [0.05, 0.1) is 7.11 Å². The molecule has 0 bridgehead atoms. The zero-order chi connectivity index (χ0) is 13.6. The zero-order valence-corrected chi connectivity index (χ0v) is 11.1. The fourth-order valence-electron chi connectivity index (χ4n) is 1.31. The van der Waals surface area contributed by atoms with Crippen molar-refractivity contribution in [1.29, 1.82) is 0 Å². The maximum absolute atomic E-state index is 11.8. The minimum Gasteiger partial charge on any atom is -0.286 e. The number of nitrogens with zero attached hydrogens (tertiary/aromatic N) is 1. The Morgan fingerprint density at radius 1 is 1.33 bits per heavy atom. The molecule has 0 saturated carbocycles. The molecule has 0 aliphatic heterocycles. The van der Waals surface area contributed by atoms with Crippen LogP contribution in [0.4, 0.5) is 0 Å². The van der Waals surface area contributed by atoms with Gasteiger partial charge in [-0.1, -0.05) is 29.6 Å². The molecule has 0 atom stereocenters. The third kappa shape index (κ3) is 3.80. The first kappa shape index (κ1) is 14.6. The minimum absolute atomic E-state index is 0.175. The fraction of sp³-hybridized carbons (Fsp3) is 0.364. The van der Waals surface area contributed by atoms with Gasteiger partial charge in [0.1, 0.15) is 0 Å². The highest BCUT2D eigenvalue weighted by molar-refractivity contribution is 7.87. The molecule has 0 spiro atoms. The lowest BCUT2D eigenvalue weighted by molar-refractivity contribution is -0.0492. The monoisotopic (exact) mass is 272 g/mol. The van der Waals surface area contributed by atoms with Gasteiger partial charge in [-0.25, -0.2) is 4.72 Å². The number of hydrogen-bond acceptors (Lipinski definition) is 4. The van der Waals surface area contributed by atoms with Crippen molar-refractivity contribution < 1.29 is 18.0 Å². The molecule has 1 aromatic rings. The van der Waals surface area contributed by atoms with E-state index in [4.69, 9.17) is 4.84 Å². The van der Waals surface area contributed by atoms with Gasteiger partial charge in [-0.05, 0) is 18.6 Å². The van der Waals surface area contributed by atoms with Gasteiger partial charge in [0.25, 0.3) is 5.91 Å². The van der Waals surface area contributed by atoms with Crippen molar-refractivity contribution in [3.63, 3.8) is 0 Å². The third-order valence-corrected chi connectivity index (χ3v) is 3.45. The molecule has 18 heavy (non-hydrogen) atoms. The Labute approximate surface area is 107 Å². The summed E-state index contributed by atoms with van der Waals surface area (Å²) in [5.74, 6) is -0.686. The van der Waals surface area contributed by atoms with Crippen molar-refractivity contribution in [2.75, 3.05) is 13.7 Å². The summed E-state index contributed by atoms with van der Waals surface area (Å²) in [5.41, 5.74) is 0.272. The molecule has 0 saturated heterocycles. The van der Waals surface area contributed by atoms with Crippen LogP contribution in [0.5, 0.6) is 0 Å². The van der Waals surface area contributed by atoms with Crippen molar-refractivity contribution in [3.8, 4) is 0 Å². The van der Waals surface area contributed by atoms with Crippen LogP contribution in [0.2, 0.25) is 0 Å². The first-order valence-electron chi connectivity index (χ1n) is 5.45. The topological polar surface area (TPSA) is 75.7 Å². The molecule has 1 N–H and O–H groups in total. The van der Waals surface area contributed by atoms with Crippen LogP contribution in [0.1, 0.15) is 23.7 Å². The largest absolute Gasteiger partial charge is 0.326 e. The Morgan fingerprint density at radius 3 is 2.44 bits per heavy atom. The quantitative estimate of drug-likeness (QED) is 0.782. The molecule has 1 amide bonds. The molecular formula is C11H16N2O4S. The Balaban J connectivity index is 2.80. The number of rotatable bonds is 6. The molecule has 100 valence electrons. The predicted molar refractivity (Wildman–Crippen MR) is 66.8 cm³/mol. The fourth-order valence-corrected chi connectivity index (χ4v) is 2.38. The molecule has 0 fully saturated rings. The summed E-state index contributed by atoms with van der Waals surface area (Å²) in [6.07, 6.45) is 0.578. The van der Waals surface area contributed by atoms with Crippen LogP contribution in [0.25, 0.3) is 0 Å². The van der Waals surface area contributed by atoms with E-state index < -0.39 is 16.1 Å². The molecular weight excluding hydrogens is 256 g/mol.